The number of nitrogens with one attached hydrogen (secondary N) is 1. The van der Waals surface area contributed by atoms with Gasteiger partial charge in [0.05, 0.1) is 13.2 Å². The maximum Gasteiger partial charge on any atom is 0.123 e. The lowest BCUT2D eigenvalue weighted by atomic mass is 10.1. The van der Waals surface area contributed by atoms with Gasteiger partial charge in [0, 0.05) is 31.5 Å². The third-order valence-electron chi connectivity index (χ3n) is 2.80. The first-order chi connectivity index (χ1) is 8.60. The normalized spacial score (nSPS) is 10.4. The van der Waals surface area contributed by atoms with Crippen LogP contribution in [0.25, 0.3) is 0 Å². The molecule has 0 unspecified atom stereocenters. The second kappa shape index (κ2) is 6.98. The van der Waals surface area contributed by atoms with Crippen molar-refractivity contribution in [3.63, 3.8) is 0 Å². The lowest BCUT2D eigenvalue weighted by Crippen LogP contribution is -2.30. The molecule has 18 heavy (non-hydrogen) atoms. The van der Waals surface area contributed by atoms with Crippen LogP contribution in [0.1, 0.15) is 11.1 Å². The molecule has 5 heteroatoms. The number of nitrogens with zero attached hydrogens (tertiary/aromatic N) is 1. The van der Waals surface area contributed by atoms with E-state index in [1.807, 2.05) is 30.0 Å². The topological polar surface area (TPSA) is 82.6 Å². The highest BCUT2D eigenvalue weighted by Crippen LogP contribution is 2.18. The van der Waals surface area contributed by atoms with Crippen LogP contribution in [-0.2, 0) is 4.74 Å². The van der Waals surface area contributed by atoms with Crippen LogP contribution in [0.4, 0.5) is 5.69 Å². The van der Waals surface area contributed by atoms with Gasteiger partial charge in [-0.3, -0.25) is 5.41 Å². The van der Waals surface area contributed by atoms with Crippen LogP contribution < -0.4 is 10.6 Å². The Kier molecular flexibility index (Phi) is 5.61. The molecule has 0 aliphatic rings. The first kappa shape index (κ1) is 14.5. The number of aliphatic hydroxyl groups excluding tert-OH is 1. The van der Waals surface area contributed by atoms with Crippen molar-refractivity contribution >= 4 is 11.5 Å². The van der Waals surface area contributed by atoms with Gasteiger partial charge < -0.3 is 20.5 Å². The molecule has 1 rings (SSSR count). The van der Waals surface area contributed by atoms with E-state index in [0.717, 1.165) is 23.4 Å². The second-order valence-electron chi connectivity index (χ2n) is 4.12. The summed E-state index contributed by atoms with van der Waals surface area (Å²) in [5.74, 6) is 0.0737. The van der Waals surface area contributed by atoms with Crippen LogP contribution >= 0.6 is 0 Å². The summed E-state index contributed by atoms with van der Waals surface area (Å²) < 4.78 is 5.05. The monoisotopic (exact) mass is 251 g/mol. The van der Waals surface area contributed by atoms with E-state index in [4.69, 9.17) is 21.0 Å². The number of anilines is 1. The van der Waals surface area contributed by atoms with Gasteiger partial charge in [0.2, 0.25) is 0 Å². The summed E-state index contributed by atoms with van der Waals surface area (Å²) in [4.78, 5) is 2.04. The van der Waals surface area contributed by atoms with Crippen molar-refractivity contribution in [2.24, 2.45) is 5.73 Å². The molecular formula is C13H21N3O2. The van der Waals surface area contributed by atoms with Gasteiger partial charge in [-0.05, 0) is 30.7 Å². The van der Waals surface area contributed by atoms with Gasteiger partial charge in [-0.25, -0.2) is 0 Å². The van der Waals surface area contributed by atoms with Crippen molar-refractivity contribution in [3.8, 4) is 0 Å². The number of hydrogen-bond donors (Lipinski definition) is 3. The molecule has 5 nitrogen and oxygen atoms in total. The second-order valence-corrected chi connectivity index (χ2v) is 4.12. The average molecular weight is 251 g/mol. The molecule has 0 aliphatic heterocycles. The molecule has 0 spiro atoms. The maximum absolute atomic E-state index is 9.07. The quantitative estimate of drug-likeness (QED) is 0.492. The number of hydrogen-bond acceptors (Lipinski definition) is 4. The van der Waals surface area contributed by atoms with Crippen LogP contribution in [0.3, 0.4) is 0 Å². The standard InChI is InChI=1S/C13H21N3O2/c1-10-9-11(3-4-12(10)13(14)15)16(5-7-17)6-8-18-2/h3-4,9,17H,5-8H2,1-2H3,(H3,14,15). The Hall–Kier alpha value is -1.59. The number of nitrogen functional groups attached to an aromatic ring is 1. The predicted molar refractivity (Wildman–Crippen MR) is 73.4 cm³/mol. The zero-order chi connectivity index (χ0) is 13.5. The smallest absolute Gasteiger partial charge is 0.123 e. The molecule has 0 saturated carbocycles. The highest BCUT2D eigenvalue weighted by Gasteiger charge is 2.08. The number of aliphatic hydroxyl groups is 1. The molecule has 4 N–H and O–H groups in total. The zero-order valence-electron chi connectivity index (χ0n) is 10.9. The fourth-order valence-electron chi connectivity index (χ4n) is 1.84. The van der Waals surface area contributed by atoms with E-state index in [2.05, 4.69) is 0 Å². The van der Waals surface area contributed by atoms with E-state index in [1.165, 1.54) is 0 Å². The minimum Gasteiger partial charge on any atom is -0.395 e. The number of amidine groups is 1. The van der Waals surface area contributed by atoms with E-state index in [9.17, 15) is 0 Å². The minimum atomic E-state index is 0.0737. The van der Waals surface area contributed by atoms with E-state index >= 15 is 0 Å². The Bertz CT molecular complexity index is 407. The Morgan fingerprint density at radius 1 is 1.44 bits per heavy atom. The van der Waals surface area contributed by atoms with Gasteiger partial charge in [0.15, 0.2) is 0 Å². The summed E-state index contributed by atoms with van der Waals surface area (Å²) in [5, 5.41) is 16.5. The fourth-order valence-corrected chi connectivity index (χ4v) is 1.84. The average Bonchev–Trinajstić information content (AvgIpc) is 2.33. The molecule has 1 aromatic rings. The van der Waals surface area contributed by atoms with E-state index in [0.29, 0.717) is 13.2 Å². The van der Waals surface area contributed by atoms with E-state index in [1.54, 1.807) is 7.11 Å². The van der Waals surface area contributed by atoms with E-state index in [-0.39, 0.29) is 12.4 Å². The van der Waals surface area contributed by atoms with Crippen LogP contribution in [0, 0.1) is 12.3 Å². The van der Waals surface area contributed by atoms with E-state index < -0.39 is 0 Å². The Balaban J connectivity index is 2.91. The maximum atomic E-state index is 9.07. The fraction of sp³-hybridized carbons (Fsp3) is 0.462. The summed E-state index contributed by atoms with van der Waals surface area (Å²) in [6.07, 6.45) is 0. The van der Waals surface area contributed by atoms with Crippen LogP contribution in [0.2, 0.25) is 0 Å². The molecule has 0 aromatic heterocycles. The summed E-state index contributed by atoms with van der Waals surface area (Å²) in [6, 6.07) is 5.72. The molecule has 100 valence electrons. The zero-order valence-corrected chi connectivity index (χ0v) is 10.9. The van der Waals surface area contributed by atoms with Gasteiger partial charge >= 0.3 is 0 Å². The Morgan fingerprint density at radius 3 is 2.67 bits per heavy atom. The molecule has 0 heterocycles. The van der Waals surface area contributed by atoms with Crippen molar-refractivity contribution in [1.82, 2.24) is 0 Å². The van der Waals surface area contributed by atoms with Crippen LogP contribution in [-0.4, -0.2) is 44.4 Å². The lowest BCUT2D eigenvalue weighted by Gasteiger charge is -2.24. The molecule has 0 radical (unpaired) electrons. The van der Waals surface area contributed by atoms with Crippen LogP contribution in [0.5, 0.6) is 0 Å². The van der Waals surface area contributed by atoms with Crippen LogP contribution in [0.15, 0.2) is 18.2 Å². The summed E-state index contributed by atoms with van der Waals surface area (Å²) in [7, 11) is 1.65. The molecular weight excluding hydrogens is 230 g/mol. The molecule has 0 atom stereocenters. The van der Waals surface area contributed by atoms with Crippen molar-refractivity contribution in [2.45, 2.75) is 6.92 Å². The summed E-state index contributed by atoms with van der Waals surface area (Å²) >= 11 is 0. The van der Waals surface area contributed by atoms with Gasteiger partial charge in [0.25, 0.3) is 0 Å². The molecule has 0 bridgehead atoms. The molecule has 0 amide bonds. The third-order valence-corrected chi connectivity index (χ3v) is 2.80. The number of ether oxygens (including phenoxy) is 1. The number of methoxy groups -OCH3 is 1. The van der Waals surface area contributed by atoms with Crippen molar-refractivity contribution in [3.05, 3.63) is 29.3 Å². The lowest BCUT2D eigenvalue weighted by molar-refractivity contribution is 0.203. The largest absolute Gasteiger partial charge is 0.395 e. The molecule has 0 saturated heterocycles. The highest BCUT2D eigenvalue weighted by atomic mass is 16.5. The van der Waals surface area contributed by atoms with Crippen molar-refractivity contribution in [1.29, 1.82) is 5.41 Å². The van der Waals surface area contributed by atoms with Gasteiger partial charge in [0.1, 0.15) is 5.84 Å². The van der Waals surface area contributed by atoms with Gasteiger partial charge in [-0.1, -0.05) is 0 Å². The number of rotatable bonds is 7. The molecule has 0 aliphatic carbocycles. The first-order valence-electron chi connectivity index (χ1n) is 5.90. The predicted octanol–water partition coefficient (Wildman–Crippen LogP) is 0.724. The Labute approximate surface area is 108 Å². The van der Waals surface area contributed by atoms with Gasteiger partial charge in [-0.15, -0.1) is 0 Å². The van der Waals surface area contributed by atoms with Gasteiger partial charge in [-0.2, -0.15) is 0 Å². The molecule has 1 aromatic carbocycles. The number of nitrogens with two attached hydrogens (primary N) is 1. The summed E-state index contributed by atoms with van der Waals surface area (Å²) in [6.45, 7) is 3.90. The highest BCUT2D eigenvalue weighted by molar-refractivity contribution is 5.96. The number of aryl methyl sites for hydroxylation is 1. The van der Waals surface area contributed by atoms with Crippen molar-refractivity contribution < 1.29 is 9.84 Å². The minimum absolute atomic E-state index is 0.0737. The third kappa shape index (κ3) is 3.72. The number of benzene rings is 1. The molecule has 0 fully saturated rings. The Morgan fingerprint density at radius 2 is 2.17 bits per heavy atom. The first-order valence-corrected chi connectivity index (χ1v) is 5.90. The SMILES string of the molecule is COCCN(CCO)c1ccc(C(=N)N)c(C)c1. The van der Waals surface area contributed by atoms with Crippen molar-refractivity contribution in [2.75, 3.05) is 38.3 Å². The summed E-state index contributed by atoms with van der Waals surface area (Å²) in [5.41, 5.74) is 8.20.